The first-order valence-corrected chi connectivity index (χ1v) is 10.2. The summed E-state index contributed by atoms with van der Waals surface area (Å²) in [5.41, 5.74) is 12.0. The van der Waals surface area contributed by atoms with Crippen molar-refractivity contribution in [2.75, 3.05) is 11.5 Å². The number of halogens is 7. The van der Waals surface area contributed by atoms with Crippen LogP contribution in [-0.2, 0) is 0 Å². The van der Waals surface area contributed by atoms with Crippen LogP contribution in [0, 0.1) is 0 Å². The van der Waals surface area contributed by atoms with Crippen LogP contribution in [0.3, 0.4) is 0 Å². The average molecular weight is 533 g/mol. The van der Waals surface area contributed by atoms with Crippen molar-refractivity contribution in [2.45, 2.75) is 0 Å². The molecule has 0 saturated heterocycles. The van der Waals surface area contributed by atoms with Gasteiger partial charge in [-0.05, 0) is 12.1 Å². The minimum atomic E-state index is 0.0694. The fourth-order valence-electron chi connectivity index (χ4n) is 2.26. The third-order valence-corrected chi connectivity index (χ3v) is 6.51. The molecule has 0 bridgehead atoms. The first-order chi connectivity index (χ1) is 13.6. The minimum Gasteiger partial charge on any atom is -0.455 e. The number of hydrogen-bond donors (Lipinski definition) is 2. The molecule has 0 aliphatic rings. The highest BCUT2D eigenvalue weighted by atomic mass is 35.5. The number of nitrogen functional groups attached to an aromatic ring is 2. The molecule has 4 nitrogen and oxygen atoms in total. The molecule has 0 aliphatic carbocycles. The van der Waals surface area contributed by atoms with E-state index >= 15 is 0 Å². The van der Waals surface area contributed by atoms with E-state index < -0.39 is 0 Å². The second-order valence-electron chi connectivity index (χ2n) is 5.64. The molecule has 0 aromatic heterocycles. The van der Waals surface area contributed by atoms with Crippen molar-refractivity contribution < 1.29 is 9.47 Å². The largest absolute Gasteiger partial charge is 0.455 e. The fraction of sp³-hybridized carbons (Fsp3) is 0. The van der Waals surface area contributed by atoms with E-state index in [4.69, 9.17) is 102 Å². The molecule has 152 valence electrons. The number of hydrogen-bond acceptors (Lipinski definition) is 4. The summed E-state index contributed by atoms with van der Waals surface area (Å²) >= 11 is 42.6. The Morgan fingerprint density at radius 2 is 0.862 bits per heavy atom. The molecular weight excluding hydrogens is 524 g/mol. The summed E-state index contributed by atoms with van der Waals surface area (Å²) in [6, 6.07) is 7.49. The SMILES string of the molecule is Nc1cc(Oc2cc(Cl)cc(Oc3cc(N)c(Cl)c(Cl)c3Cl)c2)c(Cl)c(Cl)c1Cl. The van der Waals surface area contributed by atoms with Gasteiger partial charge in [-0.1, -0.05) is 81.2 Å². The first-order valence-electron chi connectivity index (χ1n) is 7.60. The molecule has 0 heterocycles. The molecule has 0 spiro atoms. The van der Waals surface area contributed by atoms with Gasteiger partial charge in [-0.25, -0.2) is 0 Å². The molecule has 4 N–H and O–H groups in total. The highest BCUT2D eigenvalue weighted by Gasteiger charge is 2.17. The predicted octanol–water partition coefficient (Wildman–Crippen LogP) is 9.01. The molecule has 29 heavy (non-hydrogen) atoms. The smallest absolute Gasteiger partial charge is 0.149 e. The van der Waals surface area contributed by atoms with Gasteiger partial charge in [0.15, 0.2) is 0 Å². The zero-order valence-corrected chi connectivity index (χ0v) is 19.3. The summed E-state index contributed by atoms with van der Waals surface area (Å²) in [6.07, 6.45) is 0. The van der Waals surface area contributed by atoms with E-state index in [2.05, 4.69) is 0 Å². The summed E-state index contributed by atoms with van der Waals surface area (Å²) in [7, 11) is 0. The average Bonchev–Trinajstić information content (AvgIpc) is 2.66. The van der Waals surface area contributed by atoms with Crippen LogP contribution >= 0.6 is 81.2 Å². The molecule has 3 rings (SSSR count). The molecular formula is C18H9Cl7N2O2. The van der Waals surface area contributed by atoms with Crippen molar-refractivity contribution in [1.82, 2.24) is 0 Å². The normalized spacial score (nSPS) is 10.9. The summed E-state index contributed by atoms with van der Waals surface area (Å²) < 4.78 is 11.5. The van der Waals surface area contributed by atoms with E-state index in [1.807, 2.05) is 0 Å². The van der Waals surface area contributed by atoms with Gasteiger partial charge in [0, 0.05) is 23.2 Å². The standard InChI is InChI=1S/C18H9Cl7N2O2/c19-6-1-7(28-11-4-9(26)13(20)17(24)15(11)22)3-8(2-6)29-12-5-10(27)14(21)18(25)16(12)23/h1-5H,26-27H2. The zero-order chi connectivity index (χ0) is 21.5. The third kappa shape index (κ3) is 4.80. The van der Waals surface area contributed by atoms with E-state index in [0.717, 1.165) is 0 Å². The van der Waals surface area contributed by atoms with Crippen molar-refractivity contribution in [2.24, 2.45) is 0 Å². The Morgan fingerprint density at radius 1 is 0.483 bits per heavy atom. The van der Waals surface area contributed by atoms with E-state index in [1.165, 1.54) is 30.3 Å². The molecule has 3 aromatic rings. The minimum absolute atomic E-state index is 0.0694. The van der Waals surface area contributed by atoms with Crippen LogP contribution in [0.2, 0.25) is 35.2 Å². The zero-order valence-electron chi connectivity index (χ0n) is 14.0. The Bertz CT molecular complexity index is 1040. The highest BCUT2D eigenvalue weighted by Crippen LogP contribution is 2.45. The molecule has 0 aliphatic heterocycles. The lowest BCUT2D eigenvalue weighted by atomic mass is 10.2. The van der Waals surface area contributed by atoms with Crippen molar-refractivity contribution in [3.63, 3.8) is 0 Å². The Hall–Kier alpha value is -1.11. The molecule has 0 unspecified atom stereocenters. The van der Waals surface area contributed by atoms with Gasteiger partial charge < -0.3 is 20.9 Å². The Labute approximate surface area is 201 Å². The van der Waals surface area contributed by atoms with Crippen LogP contribution in [0.1, 0.15) is 0 Å². The van der Waals surface area contributed by atoms with E-state index in [0.29, 0.717) is 5.02 Å². The Morgan fingerprint density at radius 3 is 1.24 bits per heavy atom. The number of nitrogens with two attached hydrogens (primary N) is 2. The van der Waals surface area contributed by atoms with Gasteiger partial charge in [-0.3, -0.25) is 0 Å². The monoisotopic (exact) mass is 530 g/mol. The summed E-state index contributed by atoms with van der Waals surface area (Å²) in [5, 5.41) is 0.893. The van der Waals surface area contributed by atoms with Crippen LogP contribution in [0.25, 0.3) is 0 Å². The maximum Gasteiger partial charge on any atom is 0.149 e. The Balaban J connectivity index is 1.96. The molecule has 0 amide bonds. The second-order valence-corrected chi connectivity index (χ2v) is 8.34. The lowest BCUT2D eigenvalue weighted by Gasteiger charge is -2.14. The van der Waals surface area contributed by atoms with Crippen LogP contribution in [-0.4, -0.2) is 0 Å². The van der Waals surface area contributed by atoms with Gasteiger partial charge in [0.2, 0.25) is 0 Å². The molecule has 0 radical (unpaired) electrons. The molecule has 0 fully saturated rings. The lowest BCUT2D eigenvalue weighted by molar-refractivity contribution is 0.461. The van der Waals surface area contributed by atoms with Crippen molar-refractivity contribution >= 4 is 92.6 Å². The molecule has 3 aromatic carbocycles. The first kappa shape index (κ1) is 22.6. The van der Waals surface area contributed by atoms with Gasteiger partial charge in [0.1, 0.15) is 33.0 Å². The van der Waals surface area contributed by atoms with Gasteiger partial charge >= 0.3 is 0 Å². The molecule has 11 heteroatoms. The third-order valence-electron chi connectivity index (χ3n) is 3.58. The number of ether oxygens (including phenoxy) is 2. The molecule has 0 saturated carbocycles. The van der Waals surface area contributed by atoms with E-state index in [-0.39, 0.29) is 64.5 Å². The van der Waals surface area contributed by atoms with Gasteiger partial charge in [0.25, 0.3) is 0 Å². The maximum atomic E-state index is 6.18. The fourth-order valence-corrected chi connectivity index (χ4v) is 3.65. The number of benzene rings is 3. The van der Waals surface area contributed by atoms with E-state index in [1.54, 1.807) is 0 Å². The number of anilines is 2. The van der Waals surface area contributed by atoms with Gasteiger partial charge in [0.05, 0.1) is 31.5 Å². The van der Waals surface area contributed by atoms with Crippen LogP contribution in [0.15, 0.2) is 30.3 Å². The van der Waals surface area contributed by atoms with Crippen LogP contribution in [0.4, 0.5) is 11.4 Å². The van der Waals surface area contributed by atoms with E-state index in [9.17, 15) is 0 Å². The van der Waals surface area contributed by atoms with Crippen LogP contribution < -0.4 is 20.9 Å². The highest BCUT2D eigenvalue weighted by molar-refractivity contribution is 6.50. The summed E-state index contributed by atoms with van der Waals surface area (Å²) in [6.45, 7) is 0. The Kier molecular flexibility index (Phi) is 6.96. The quantitative estimate of drug-likeness (QED) is 0.259. The number of rotatable bonds is 4. The lowest BCUT2D eigenvalue weighted by Crippen LogP contribution is -1.94. The van der Waals surface area contributed by atoms with Gasteiger partial charge in [-0.2, -0.15) is 0 Å². The van der Waals surface area contributed by atoms with Crippen molar-refractivity contribution in [1.29, 1.82) is 0 Å². The van der Waals surface area contributed by atoms with Crippen molar-refractivity contribution in [3.05, 3.63) is 65.5 Å². The summed E-state index contributed by atoms with van der Waals surface area (Å²) in [5.74, 6) is 0.944. The molecule has 0 atom stereocenters. The summed E-state index contributed by atoms with van der Waals surface area (Å²) in [4.78, 5) is 0. The second kappa shape index (κ2) is 8.94. The maximum absolute atomic E-state index is 6.18. The predicted molar refractivity (Wildman–Crippen MR) is 123 cm³/mol. The van der Waals surface area contributed by atoms with Crippen LogP contribution in [0.5, 0.6) is 23.0 Å². The van der Waals surface area contributed by atoms with Gasteiger partial charge in [-0.15, -0.1) is 0 Å². The topological polar surface area (TPSA) is 70.5 Å². The van der Waals surface area contributed by atoms with Crippen molar-refractivity contribution in [3.8, 4) is 23.0 Å².